The summed E-state index contributed by atoms with van der Waals surface area (Å²) in [5.74, 6) is -0.826. The average molecular weight is 428 g/mol. The van der Waals surface area contributed by atoms with Gasteiger partial charge in [0, 0.05) is 25.9 Å². The van der Waals surface area contributed by atoms with E-state index in [1.54, 1.807) is 42.5 Å². The molecule has 0 saturated carbocycles. The fourth-order valence-corrected chi connectivity index (χ4v) is 3.12. The number of carbonyl (C=O) groups is 1. The number of nitrogens with zero attached hydrogens (tertiary/aromatic N) is 3. The van der Waals surface area contributed by atoms with Crippen LogP contribution < -0.4 is 4.90 Å². The molecule has 0 saturated heterocycles. The Kier molecular flexibility index (Phi) is 5.41. The Morgan fingerprint density at radius 3 is 2.43 bits per heavy atom. The molecule has 1 amide bonds. The smallest absolute Gasteiger partial charge is 0.311 e. The number of para-hydroxylation sites is 1. The summed E-state index contributed by atoms with van der Waals surface area (Å²) < 4.78 is 40.7. The summed E-state index contributed by atoms with van der Waals surface area (Å²) in [5, 5.41) is 4.09. The van der Waals surface area contributed by atoms with Crippen molar-refractivity contribution in [3.8, 4) is 11.1 Å². The molecule has 0 atom stereocenters. The van der Waals surface area contributed by atoms with Crippen molar-refractivity contribution in [3.63, 3.8) is 0 Å². The molecule has 0 aliphatic heterocycles. The van der Waals surface area contributed by atoms with Crippen molar-refractivity contribution in [1.82, 2.24) is 9.78 Å². The molecular weight excluding hydrogens is 414 g/mol. The van der Waals surface area contributed by atoms with Crippen molar-refractivity contribution < 1.29 is 18.0 Å². The zero-order valence-corrected chi connectivity index (χ0v) is 16.3. The van der Waals surface area contributed by atoms with E-state index in [-0.39, 0.29) is 0 Å². The maximum Gasteiger partial charge on any atom is 0.435 e. The van der Waals surface area contributed by atoms with E-state index in [4.69, 9.17) is 23.2 Å². The van der Waals surface area contributed by atoms with Crippen molar-refractivity contribution >= 4 is 34.8 Å². The molecule has 0 spiro atoms. The molecule has 0 unspecified atom stereocenters. The first-order valence-electron chi connectivity index (χ1n) is 8.03. The number of alkyl halides is 3. The fraction of sp³-hybridized carbons (Fsp3) is 0.158. The van der Waals surface area contributed by atoms with Gasteiger partial charge in [-0.15, -0.1) is 0 Å². The minimum atomic E-state index is -4.74. The lowest BCUT2D eigenvalue weighted by molar-refractivity contribution is -0.141. The highest BCUT2D eigenvalue weighted by molar-refractivity contribution is 6.42. The molecule has 2 aromatic carbocycles. The first-order chi connectivity index (χ1) is 13.1. The average Bonchev–Trinajstić information content (AvgIpc) is 3.05. The summed E-state index contributed by atoms with van der Waals surface area (Å²) in [7, 11) is 2.74. The van der Waals surface area contributed by atoms with Crippen molar-refractivity contribution in [2.24, 2.45) is 7.05 Å². The second-order valence-electron chi connectivity index (χ2n) is 6.07. The third-order valence-electron chi connectivity index (χ3n) is 4.13. The van der Waals surface area contributed by atoms with Gasteiger partial charge in [0.05, 0.1) is 21.3 Å². The number of halogens is 5. The molecule has 0 fully saturated rings. The van der Waals surface area contributed by atoms with E-state index in [2.05, 4.69) is 5.10 Å². The molecule has 3 aromatic rings. The minimum Gasteiger partial charge on any atom is -0.311 e. The molecule has 9 heteroatoms. The minimum absolute atomic E-state index is 0.328. The van der Waals surface area contributed by atoms with E-state index in [0.717, 1.165) is 15.8 Å². The van der Waals surface area contributed by atoms with E-state index < -0.39 is 23.3 Å². The number of aromatic nitrogens is 2. The van der Waals surface area contributed by atoms with E-state index in [9.17, 15) is 18.0 Å². The lowest BCUT2D eigenvalue weighted by atomic mass is 10.0. The van der Waals surface area contributed by atoms with Gasteiger partial charge in [0.25, 0.3) is 5.91 Å². The third kappa shape index (κ3) is 3.86. The molecule has 0 aliphatic carbocycles. The predicted molar refractivity (Wildman–Crippen MR) is 103 cm³/mol. The lowest BCUT2D eigenvalue weighted by Crippen LogP contribution is -2.28. The molecule has 146 valence electrons. The second-order valence-corrected chi connectivity index (χ2v) is 6.89. The number of benzene rings is 2. The van der Waals surface area contributed by atoms with Crippen molar-refractivity contribution in [2.75, 3.05) is 11.9 Å². The number of rotatable bonds is 3. The molecule has 0 bridgehead atoms. The molecule has 1 aromatic heterocycles. The lowest BCUT2D eigenvalue weighted by Gasteiger charge is -2.21. The van der Waals surface area contributed by atoms with Crippen LogP contribution in [0.25, 0.3) is 11.1 Å². The number of hydrogen-bond acceptors (Lipinski definition) is 2. The van der Waals surface area contributed by atoms with Gasteiger partial charge < -0.3 is 4.90 Å². The van der Waals surface area contributed by atoms with E-state index in [1.165, 1.54) is 14.1 Å². The highest BCUT2D eigenvalue weighted by Crippen LogP contribution is 2.36. The van der Waals surface area contributed by atoms with Crippen molar-refractivity contribution in [1.29, 1.82) is 0 Å². The first-order valence-corrected chi connectivity index (χ1v) is 8.78. The van der Waals surface area contributed by atoms with Crippen LogP contribution in [0.4, 0.5) is 18.9 Å². The Hall–Kier alpha value is -2.51. The zero-order chi connectivity index (χ0) is 20.6. The Bertz CT molecular complexity index is 1050. The molecule has 0 aliphatic rings. The van der Waals surface area contributed by atoms with Crippen LogP contribution in [0.2, 0.25) is 10.0 Å². The number of anilines is 1. The summed E-state index contributed by atoms with van der Waals surface area (Å²) >= 11 is 12.0. The number of aryl methyl sites for hydroxylation is 1. The van der Waals surface area contributed by atoms with Gasteiger partial charge in [0.15, 0.2) is 5.69 Å². The van der Waals surface area contributed by atoms with Crippen LogP contribution >= 0.6 is 23.2 Å². The molecule has 0 N–H and O–H groups in total. The molecular formula is C19H14Cl2F3N3O. The summed E-state index contributed by atoms with van der Waals surface area (Å²) in [6.45, 7) is 0. The van der Waals surface area contributed by atoms with Gasteiger partial charge in [-0.1, -0.05) is 47.5 Å². The number of carbonyl (C=O) groups excluding carboxylic acids is 1. The van der Waals surface area contributed by atoms with Gasteiger partial charge in [0.1, 0.15) is 0 Å². The van der Waals surface area contributed by atoms with Gasteiger partial charge in [0.2, 0.25) is 0 Å². The quantitative estimate of drug-likeness (QED) is 0.538. The maximum absolute atomic E-state index is 13.2. The Labute approximate surface area is 169 Å². The van der Waals surface area contributed by atoms with Crippen LogP contribution in [0.3, 0.4) is 0 Å². The molecule has 3 rings (SSSR count). The summed E-state index contributed by atoms with van der Waals surface area (Å²) in [4.78, 5) is 14.0. The molecule has 28 heavy (non-hydrogen) atoms. The second kappa shape index (κ2) is 7.48. The monoisotopic (exact) mass is 427 g/mol. The summed E-state index contributed by atoms with van der Waals surface area (Å²) in [6.07, 6.45) is -3.68. The summed E-state index contributed by atoms with van der Waals surface area (Å²) in [5.41, 5.74) is -0.0376. The normalized spacial score (nSPS) is 11.5. The number of hydrogen-bond donors (Lipinski definition) is 0. The summed E-state index contributed by atoms with van der Waals surface area (Å²) in [6, 6.07) is 11.8. The van der Waals surface area contributed by atoms with E-state index in [1.807, 2.05) is 0 Å². The SMILES string of the molecule is CN(C(=O)c1cn(C)nc1C(F)(F)F)c1ccccc1-c1ccc(Cl)c(Cl)c1. The topological polar surface area (TPSA) is 38.1 Å². The van der Waals surface area contributed by atoms with Gasteiger partial charge in [-0.05, 0) is 23.8 Å². The first kappa shape index (κ1) is 20.2. The van der Waals surface area contributed by atoms with Crippen LogP contribution in [-0.4, -0.2) is 22.7 Å². The molecule has 0 radical (unpaired) electrons. The van der Waals surface area contributed by atoms with Gasteiger partial charge in [-0.2, -0.15) is 18.3 Å². The molecule has 1 heterocycles. The third-order valence-corrected chi connectivity index (χ3v) is 4.87. The standard InChI is InChI=1S/C19H14Cl2F3N3O/c1-26-10-13(17(25-26)19(22,23)24)18(28)27(2)16-6-4-3-5-12(16)11-7-8-14(20)15(21)9-11/h3-10H,1-2H3. The Morgan fingerprint density at radius 1 is 1.11 bits per heavy atom. The van der Waals surface area contributed by atoms with Crippen molar-refractivity contribution in [3.05, 3.63) is 70.0 Å². The van der Waals surface area contributed by atoms with Gasteiger partial charge in [-0.3, -0.25) is 9.48 Å². The van der Waals surface area contributed by atoms with Crippen LogP contribution in [0, 0.1) is 0 Å². The Balaban J connectivity index is 2.06. The zero-order valence-electron chi connectivity index (χ0n) is 14.8. The van der Waals surface area contributed by atoms with Crippen LogP contribution in [-0.2, 0) is 13.2 Å². The number of amides is 1. The van der Waals surface area contributed by atoms with Gasteiger partial charge in [-0.25, -0.2) is 0 Å². The largest absolute Gasteiger partial charge is 0.435 e. The van der Waals surface area contributed by atoms with Gasteiger partial charge >= 0.3 is 6.18 Å². The van der Waals surface area contributed by atoms with Crippen LogP contribution in [0.1, 0.15) is 16.1 Å². The fourth-order valence-electron chi connectivity index (χ4n) is 2.82. The maximum atomic E-state index is 13.2. The Morgan fingerprint density at radius 2 is 1.79 bits per heavy atom. The van der Waals surface area contributed by atoms with E-state index in [0.29, 0.717) is 26.9 Å². The predicted octanol–water partition coefficient (Wildman–Crippen LogP) is 5.69. The molecule has 4 nitrogen and oxygen atoms in total. The van der Waals surface area contributed by atoms with Crippen LogP contribution in [0.5, 0.6) is 0 Å². The van der Waals surface area contributed by atoms with E-state index >= 15 is 0 Å². The highest BCUT2D eigenvalue weighted by atomic mass is 35.5. The highest BCUT2D eigenvalue weighted by Gasteiger charge is 2.39. The van der Waals surface area contributed by atoms with Crippen LogP contribution in [0.15, 0.2) is 48.7 Å². The van der Waals surface area contributed by atoms with Crippen molar-refractivity contribution in [2.45, 2.75) is 6.18 Å².